The van der Waals surface area contributed by atoms with Crippen molar-refractivity contribution >= 4 is 110 Å². The van der Waals surface area contributed by atoms with Crippen molar-refractivity contribution in [2.24, 2.45) is 0 Å². The van der Waals surface area contributed by atoms with Crippen LogP contribution in [0.4, 0.5) is 34.1 Å². The first kappa shape index (κ1) is 36.2. The van der Waals surface area contributed by atoms with Gasteiger partial charge in [0.15, 0.2) is 0 Å². The molecule has 0 unspecified atom stereocenters. The van der Waals surface area contributed by atoms with Crippen molar-refractivity contribution in [3.63, 3.8) is 0 Å². The molecule has 0 saturated carbocycles. The van der Waals surface area contributed by atoms with Crippen LogP contribution < -0.4 is 9.80 Å². The predicted molar refractivity (Wildman–Crippen MR) is 311 cm³/mol. The van der Waals surface area contributed by atoms with Gasteiger partial charge in [0.25, 0.3) is 0 Å². The van der Waals surface area contributed by atoms with E-state index in [1.54, 1.807) is 0 Å². The van der Waals surface area contributed by atoms with E-state index in [9.17, 15) is 11.0 Å². The van der Waals surface area contributed by atoms with Crippen molar-refractivity contribution < 1.29 is 11.0 Å². The highest BCUT2D eigenvalue weighted by Gasteiger charge is 2.29. The van der Waals surface area contributed by atoms with Crippen molar-refractivity contribution in [3.8, 4) is 0 Å². The Morgan fingerprint density at radius 2 is 0.750 bits per heavy atom. The highest BCUT2D eigenvalue weighted by atomic mass is 15.2. The van der Waals surface area contributed by atoms with Gasteiger partial charge in [-0.3, -0.25) is 0 Å². The van der Waals surface area contributed by atoms with E-state index in [-0.39, 0.29) is 82.4 Å². The van der Waals surface area contributed by atoms with Crippen molar-refractivity contribution in [2.75, 3.05) is 9.80 Å². The number of aromatic nitrogens is 2. The molecule has 0 saturated heterocycles. The summed E-state index contributed by atoms with van der Waals surface area (Å²) in [5.74, 6) is -0.430. The average Bonchev–Trinajstić information content (AvgIpc) is 4.33. The lowest BCUT2D eigenvalue weighted by Crippen LogP contribution is -2.11. The zero-order chi connectivity index (χ0) is 56.5. The largest absolute Gasteiger partial charge is 0.310 e. The Balaban J connectivity index is 1.16. The fourth-order valence-electron chi connectivity index (χ4n) is 11.2. The van der Waals surface area contributed by atoms with E-state index in [1.807, 2.05) is 98.2 Å². The van der Waals surface area contributed by atoms with E-state index in [4.69, 9.17) is 0 Å². The summed E-state index contributed by atoms with van der Waals surface area (Å²) in [6, 6.07) is 45.6. The molecule has 9 aromatic carbocycles. The molecule has 0 aliphatic carbocycles. The van der Waals surface area contributed by atoms with Crippen LogP contribution in [0.2, 0.25) is 0 Å². The van der Waals surface area contributed by atoms with Gasteiger partial charge in [0.05, 0.1) is 55.4 Å². The number of fused-ring (bicyclic) bond motifs is 12. The van der Waals surface area contributed by atoms with E-state index in [0.29, 0.717) is 22.5 Å². The van der Waals surface area contributed by atoms with E-state index in [1.165, 1.54) is 0 Å². The predicted octanol–water partition coefficient (Wildman–Crippen LogP) is 19.8. The fourth-order valence-corrected chi connectivity index (χ4v) is 11.2. The van der Waals surface area contributed by atoms with E-state index >= 15 is 0 Å². The topological polar surface area (TPSA) is 15.3 Å². The maximum absolute atomic E-state index is 9.62. The summed E-state index contributed by atoms with van der Waals surface area (Å²) in [5, 5.41) is 8.06. The molecular formula is C68H62N4. The van der Waals surface area contributed by atoms with Crippen LogP contribution in [0, 0.1) is 0 Å². The number of benzene rings is 9. The van der Waals surface area contributed by atoms with Crippen LogP contribution >= 0.6 is 0 Å². The normalized spacial score (nSPS) is 14.4. The van der Waals surface area contributed by atoms with Gasteiger partial charge in [-0.2, -0.15) is 0 Å². The molecule has 354 valence electrons. The summed E-state index contributed by atoms with van der Waals surface area (Å²) in [6.45, 7) is 20.9. The lowest BCUT2D eigenvalue weighted by Gasteiger charge is -2.27. The van der Waals surface area contributed by atoms with Gasteiger partial charge in [-0.25, -0.2) is 0 Å². The van der Waals surface area contributed by atoms with Crippen LogP contribution in [0.1, 0.15) is 114 Å². The summed E-state index contributed by atoms with van der Waals surface area (Å²) in [7, 11) is 0. The maximum Gasteiger partial charge on any atom is 0.0645 e. The smallest absolute Gasteiger partial charge is 0.0645 e. The second-order valence-corrected chi connectivity index (χ2v) is 22.4. The molecular weight excluding hydrogens is 873 g/mol. The van der Waals surface area contributed by atoms with Gasteiger partial charge in [0, 0.05) is 65.8 Å². The lowest BCUT2D eigenvalue weighted by molar-refractivity contribution is 0.591. The average molecular weight is 943 g/mol. The van der Waals surface area contributed by atoms with Crippen molar-refractivity contribution in [1.82, 2.24) is 8.80 Å². The molecule has 0 bridgehead atoms. The minimum Gasteiger partial charge on any atom is -0.310 e. The van der Waals surface area contributed by atoms with Gasteiger partial charge >= 0.3 is 0 Å². The molecule has 0 N–H and O–H groups in total. The van der Waals surface area contributed by atoms with Gasteiger partial charge in [-0.05, 0) is 142 Å². The minimum absolute atomic E-state index is 0.0403. The Morgan fingerprint density at radius 1 is 0.375 bits per heavy atom. The van der Waals surface area contributed by atoms with Crippen LogP contribution in [-0.2, 0) is 10.8 Å². The van der Waals surface area contributed by atoms with Crippen molar-refractivity contribution in [1.29, 1.82) is 0 Å². The summed E-state index contributed by atoms with van der Waals surface area (Å²) >= 11 is 0. The van der Waals surface area contributed by atoms with Gasteiger partial charge in [-0.1, -0.05) is 154 Å². The first-order valence-corrected chi connectivity index (χ1v) is 25.3. The van der Waals surface area contributed by atoms with Gasteiger partial charge < -0.3 is 18.6 Å². The number of nitrogens with zero attached hydrogens (tertiary/aromatic N) is 4. The molecule has 0 aliphatic heterocycles. The molecule has 13 rings (SSSR count). The van der Waals surface area contributed by atoms with Crippen LogP contribution in [0.15, 0.2) is 182 Å². The zero-order valence-electron chi connectivity index (χ0n) is 50.6. The van der Waals surface area contributed by atoms with Gasteiger partial charge in [0.2, 0.25) is 0 Å². The Morgan fingerprint density at radius 3 is 1.10 bits per heavy atom. The van der Waals surface area contributed by atoms with Crippen LogP contribution in [-0.4, -0.2) is 8.80 Å². The Kier molecular flexibility index (Phi) is 7.95. The standard InChI is InChI=1S/C68H62N4/c1-41(2)43-21-27-49(28-22-43)69(47-17-13-11-14-18-47)59-35-31-51-53-39-62-54(40-61(53)71-57-33-25-45(67(5,6)7)37-55(57)63(59)65(51)71)52-32-36-60(64-56-38-46(68(8,9)10)26-34-58(56)72(62)66(52)64)70(48-19-15-12-16-20-48)50-29-23-44(24-30-50)42(3)4/h11-42H,1-10H3/i21D,22D,23D,24D,27D,28D,29D,30D. The van der Waals surface area contributed by atoms with Crippen LogP contribution in [0.5, 0.6) is 0 Å². The molecule has 4 nitrogen and oxygen atoms in total. The quantitative estimate of drug-likeness (QED) is 0.151. The van der Waals surface area contributed by atoms with Crippen LogP contribution in [0.3, 0.4) is 0 Å². The Hall–Kier alpha value is -7.82. The number of para-hydroxylation sites is 2. The first-order valence-electron chi connectivity index (χ1n) is 29.3. The third kappa shape index (κ3) is 6.57. The second kappa shape index (κ2) is 15.8. The minimum atomic E-state index is -0.215. The summed E-state index contributed by atoms with van der Waals surface area (Å²) in [5.41, 5.74) is 12.1. The molecule has 4 heteroatoms. The molecule has 72 heavy (non-hydrogen) atoms. The molecule has 0 atom stereocenters. The molecule has 4 heterocycles. The Bertz CT molecular complexity index is 4360. The molecule has 0 aliphatic rings. The van der Waals surface area contributed by atoms with Crippen molar-refractivity contribution in [2.45, 2.75) is 91.9 Å². The number of anilines is 6. The van der Waals surface area contributed by atoms with E-state index in [0.717, 1.165) is 98.7 Å². The highest BCUT2D eigenvalue weighted by molar-refractivity contribution is 6.32. The maximum atomic E-state index is 9.62. The second-order valence-electron chi connectivity index (χ2n) is 22.4. The number of hydrogen-bond acceptors (Lipinski definition) is 2. The van der Waals surface area contributed by atoms with E-state index < -0.39 is 0 Å². The highest BCUT2D eigenvalue weighted by Crippen LogP contribution is 2.52. The molecule has 0 spiro atoms. The Labute approximate surface area is 434 Å². The zero-order valence-corrected chi connectivity index (χ0v) is 42.6. The monoisotopic (exact) mass is 943 g/mol. The molecule has 0 amide bonds. The summed E-state index contributed by atoms with van der Waals surface area (Å²) in [4.78, 5) is 3.87. The van der Waals surface area contributed by atoms with Gasteiger partial charge in [-0.15, -0.1) is 0 Å². The van der Waals surface area contributed by atoms with E-state index in [2.05, 4.69) is 123 Å². The molecule has 4 aromatic heterocycles. The lowest BCUT2D eigenvalue weighted by atomic mass is 9.86. The molecule has 0 fully saturated rings. The summed E-state index contributed by atoms with van der Waals surface area (Å²) in [6.07, 6.45) is 0. The third-order valence-electron chi connectivity index (χ3n) is 15.1. The van der Waals surface area contributed by atoms with Gasteiger partial charge in [0.1, 0.15) is 0 Å². The molecule has 13 aromatic rings. The molecule has 0 radical (unpaired) electrons. The fraction of sp³-hybridized carbons (Fsp3) is 0.206. The third-order valence-corrected chi connectivity index (χ3v) is 15.1. The van der Waals surface area contributed by atoms with Crippen LogP contribution in [0.25, 0.3) is 76.2 Å². The van der Waals surface area contributed by atoms with Crippen molar-refractivity contribution in [3.05, 3.63) is 204 Å². The number of hydrogen-bond donors (Lipinski definition) is 0. The SMILES string of the molecule is [2H]c1c([2H])c(N(c2ccccc2)c2ccc3c4cc5c(cc4n4c6ccc(C(C)(C)C)cc6c2c34)c2ccc(N(c3ccccc3)c3c([2H])c([2H])c(C(C)C)c([2H])c3[2H])c3c4cc(C(C)(C)C)ccc4n5c23)c([2H])c([2H])c1C(C)C. The number of rotatable bonds is 8. The summed E-state index contributed by atoms with van der Waals surface area (Å²) < 4.78 is 80.4. The first-order chi connectivity index (χ1) is 38.0.